The van der Waals surface area contributed by atoms with Gasteiger partial charge in [0.25, 0.3) is 5.69 Å². The van der Waals surface area contributed by atoms with Crippen LogP contribution in [-0.4, -0.2) is 71.0 Å². The molecule has 9 heteroatoms. The number of amides is 1. The third-order valence-electron chi connectivity index (χ3n) is 4.54. The third kappa shape index (κ3) is 5.78. The van der Waals surface area contributed by atoms with Gasteiger partial charge in [-0.2, -0.15) is 0 Å². The maximum atomic E-state index is 12.3. The molecule has 2 N–H and O–H groups in total. The van der Waals surface area contributed by atoms with Gasteiger partial charge in [0.1, 0.15) is 5.69 Å². The summed E-state index contributed by atoms with van der Waals surface area (Å²) in [5, 5.41) is 22.5. The summed E-state index contributed by atoms with van der Waals surface area (Å²) in [4.78, 5) is 37.4. The molecule has 0 bridgehead atoms. The molecule has 1 aliphatic heterocycles. The maximum Gasteiger partial charge on any atom is 0.317 e. The molecule has 0 spiro atoms. The summed E-state index contributed by atoms with van der Waals surface area (Å²) < 4.78 is 0. The van der Waals surface area contributed by atoms with Crippen molar-refractivity contribution in [3.05, 3.63) is 34.4 Å². The number of carbonyl (C=O) groups is 2. The number of likely N-dealkylation sites (tertiary alicyclic amines) is 1. The fourth-order valence-electron chi connectivity index (χ4n) is 3.21. The number of rotatable bonds is 7. The van der Waals surface area contributed by atoms with E-state index in [-0.39, 0.29) is 36.4 Å². The fourth-order valence-corrected chi connectivity index (χ4v) is 3.21. The molecule has 2 rings (SSSR count). The molecule has 1 atom stereocenters. The number of nitrogens with zero attached hydrogens (tertiary/aromatic N) is 3. The number of carbonyl (C=O) groups excluding carboxylic acids is 1. The Bertz CT molecular complexity index is 666. The molecule has 1 unspecified atom stereocenters. The molecule has 142 valence electrons. The summed E-state index contributed by atoms with van der Waals surface area (Å²) in [5.74, 6) is -1.14. The molecule has 1 aromatic rings. The van der Waals surface area contributed by atoms with Gasteiger partial charge in [-0.15, -0.1) is 0 Å². The Labute approximate surface area is 151 Å². The van der Waals surface area contributed by atoms with Crippen LogP contribution in [0.15, 0.2) is 24.3 Å². The Kier molecular flexibility index (Phi) is 7.05. The minimum absolute atomic E-state index is 0.00280. The second-order valence-electron chi connectivity index (χ2n) is 6.49. The quantitative estimate of drug-likeness (QED) is 0.555. The van der Waals surface area contributed by atoms with E-state index in [4.69, 9.17) is 5.11 Å². The van der Waals surface area contributed by atoms with Gasteiger partial charge in [-0.25, -0.2) is 0 Å². The van der Waals surface area contributed by atoms with Gasteiger partial charge in [0.05, 0.1) is 18.0 Å². The minimum atomic E-state index is -0.850. The monoisotopic (exact) mass is 364 g/mol. The summed E-state index contributed by atoms with van der Waals surface area (Å²) >= 11 is 0. The van der Waals surface area contributed by atoms with Crippen molar-refractivity contribution >= 4 is 23.3 Å². The number of nitro benzene ring substituents is 1. The van der Waals surface area contributed by atoms with Crippen molar-refractivity contribution in [2.24, 2.45) is 0 Å². The number of para-hydroxylation sites is 2. The molecule has 0 radical (unpaired) electrons. The van der Waals surface area contributed by atoms with Gasteiger partial charge in [-0.1, -0.05) is 12.1 Å². The molecule has 0 aromatic heterocycles. The number of anilines is 1. The van der Waals surface area contributed by atoms with Crippen LogP contribution in [0.1, 0.15) is 19.3 Å². The Morgan fingerprint density at radius 1 is 1.35 bits per heavy atom. The highest BCUT2D eigenvalue weighted by Gasteiger charge is 2.23. The predicted molar refractivity (Wildman–Crippen MR) is 96.1 cm³/mol. The van der Waals surface area contributed by atoms with E-state index in [1.165, 1.54) is 12.1 Å². The number of benzene rings is 1. The Morgan fingerprint density at radius 3 is 2.77 bits per heavy atom. The van der Waals surface area contributed by atoms with Crippen LogP contribution in [0.4, 0.5) is 11.4 Å². The van der Waals surface area contributed by atoms with E-state index in [9.17, 15) is 19.7 Å². The number of hydrogen-bond donors (Lipinski definition) is 2. The summed E-state index contributed by atoms with van der Waals surface area (Å²) in [6, 6.07) is 6.22. The molecule has 1 aromatic carbocycles. The van der Waals surface area contributed by atoms with Gasteiger partial charge in [0, 0.05) is 18.7 Å². The van der Waals surface area contributed by atoms with Crippen molar-refractivity contribution in [1.82, 2.24) is 9.80 Å². The lowest BCUT2D eigenvalue weighted by Gasteiger charge is -2.25. The van der Waals surface area contributed by atoms with Crippen LogP contribution in [-0.2, 0) is 9.59 Å². The number of aliphatic carboxylic acids is 1. The van der Waals surface area contributed by atoms with Crippen LogP contribution >= 0.6 is 0 Å². The Hall–Kier alpha value is -2.52. The van der Waals surface area contributed by atoms with Crippen LogP contribution in [0.2, 0.25) is 0 Å². The van der Waals surface area contributed by atoms with Gasteiger partial charge in [0.2, 0.25) is 5.91 Å². The molecule has 1 amide bonds. The van der Waals surface area contributed by atoms with Gasteiger partial charge in [-0.3, -0.25) is 29.5 Å². The number of nitrogens with one attached hydrogen (secondary N) is 1. The van der Waals surface area contributed by atoms with Crippen LogP contribution in [0.25, 0.3) is 0 Å². The molecular formula is C17H24N4O5. The first-order valence-corrected chi connectivity index (χ1v) is 8.54. The van der Waals surface area contributed by atoms with E-state index in [1.54, 1.807) is 19.2 Å². The first-order valence-electron chi connectivity index (χ1n) is 8.54. The third-order valence-corrected chi connectivity index (χ3v) is 4.54. The van der Waals surface area contributed by atoms with Crippen molar-refractivity contribution in [3.63, 3.8) is 0 Å². The average Bonchev–Trinajstić information content (AvgIpc) is 2.80. The fraction of sp³-hybridized carbons (Fsp3) is 0.529. The van der Waals surface area contributed by atoms with E-state index in [2.05, 4.69) is 5.32 Å². The largest absolute Gasteiger partial charge is 0.480 e. The molecule has 0 aliphatic carbocycles. The maximum absolute atomic E-state index is 12.3. The first-order chi connectivity index (χ1) is 12.4. The molecule has 1 heterocycles. The molecule has 1 saturated heterocycles. The number of likely N-dealkylation sites (N-methyl/N-ethyl adjacent to an activating group) is 1. The smallest absolute Gasteiger partial charge is 0.317 e. The average molecular weight is 364 g/mol. The molecule has 26 heavy (non-hydrogen) atoms. The van der Waals surface area contributed by atoms with Crippen molar-refractivity contribution in [2.75, 3.05) is 38.5 Å². The standard InChI is InChI=1S/C17H24N4O5/c1-19(12-17(23)24)13-5-4-9-20(10-8-13)11-16(22)18-14-6-2-3-7-15(14)21(25)26/h2-3,6-7,13H,4-5,8-12H2,1H3,(H,18,22)(H,23,24). The predicted octanol–water partition coefficient (Wildman–Crippen LogP) is 1.40. The van der Waals surface area contributed by atoms with Crippen molar-refractivity contribution in [3.8, 4) is 0 Å². The van der Waals surface area contributed by atoms with Crippen LogP contribution in [0.3, 0.4) is 0 Å². The highest BCUT2D eigenvalue weighted by molar-refractivity contribution is 5.94. The summed E-state index contributed by atoms with van der Waals surface area (Å²) in [6.07, 6.45) is 2.53. The van der Waals surface area contributed by atoms with Gasteiger partial charge >= 0.3 is 5.97 Å². The topological polar surface area (TPSA) is 116 Å². The normalized spacial score (nSPS) is 18.3. The van der Waals surface area contributed by atoms with E-state index in [1.807, 2.05) is 9.80 Å². The van der Waals surface area contributed by atoms with E-state index in [0.717, 1.165) is 25.8 Å². The Morgan fingerprint density at radius 2 is 2.08 bits per heavy atom. The summed E-state index contributed by atoms with van der Waals surface area (Å²) in [7, 11) is 1.80. The lowest BCUT2D eigenvalue weighted by molar-refractivity contribution is -0.383. The van der Waals surface area contributed by atoms with Crippen LogP contribution < -0.4 is 5.32 Å². The molecule has 0 saturated carbocycles. The lowest BCUT2D eigenvalue weighted by atomic mass is 10.1. The first kappa shape index (κ1) is 19.8. The number of carboxylic acid groups (broad SMARTS) is 1. The summed E-state index contributed by atoms with van der Waals surface area (Å²) in [6.45, 7) is 1.57. The van der Waals surface area contributed by atoms with Gasteiger partial charge in [0.15, 0.2) is 0 Å². The number of nitro groups is 1. The highest BCUT2D eigenvalue weighted by Crippen LogP contribution is 2.23. The van der Waals surface area contributed by atoms with E-state index >= 15 is 0 Å². The zero-order valence-corrected chi connectivity index (χ0v) is 14.8. The van der Waals surface area contributed by atoms with Crippen molar-refractivity contribution < 1.29 is 19.6 Å². The minimum Gasteiger partial charge on any atom is -0.480 e. The Balaban J connectivity index is 1.88. The van der Waals surface area contributed by atoms with Crippen LogP contribution in [0.5, 0.6) is 0 Å². The van der Waals surface area contributed by atoms with Crippen LogP contribution in [0, 0.1) is 10.1 Å². The van der Waals surface area contributed by atoms with E-state index < -0.39 is 10.9 Å². The van der Waals surface area contributed by atoms with Gasteiger partial charge < -0.3 is 10.4 Å². The lowest BCUT2D eigenvalue weighted by Crippen LogP contribution is -2.37. The molecule has 9 nitrogen and oxygen atoms in total. The molecule has 1 aliphatic rings. The van der Waals surface area contributed by atoms with Gasteiger partial charge in [-0.05, 0) is 38.9 Å². The molecular weight excluding hydrogens is 340 g/mol. The SMILES string of the molecule is CN(CC(=O)O)C1CCCN(CC(=O)Nc2ccccc2[N+](=O)[O-])CC1. The number of carboxylic acids is 1. The highest BCUT2D eigenvalue weighted by atomic mass is 16.6. The second kappa shape index (κ2) is 9.25. The zero-order chi connectivity index (χ0) is 19.1. The zero-order valence-electron chi connectivity index (χ0n) is 14.8. The summed E-state index contributed by atoms with van der Waals surface area (Å²) in [5.41, 5.74) is 0.0588. The number of hydrogen-bond acceptors (Lipinski definition) is 6. The van der Waals surface area contributed by atoms with E-state index in [0.29, 0.717) is 6.54 Å². The second-order valence-corrected chi connectivity index (χ2v) is 6.49. The van der Waals surface area contributed by atoms with Crippen molar-refractivity contribution in [1.29, 1.82) is 0 Å². The van der Waals surface area contributed by atoms with Crippen molar-refractivity contribution in [2.45, 2.75) is 25.3 Å². The molecule has 1 fully saturated rings.